The van der Waals surface area contributed by atoms with Gasteiger partial charge in [-0.2, -0.15) is 0 Å². The molecule has 2 heteroatoms. The van der Waals surface area contributed by atoms with E-state index in [9.17, 15) is 4.79 Å². The number of ketones is 1. The average Bonchev–Trinajstić information content (AvgIpc) is 2.42. The maximum Gasteiger partial charge on any atom is 0.132 e. The van der Waals surface area contributed by atoms with Crippen LogP contribution in [0.25, 0.3) is 0 Å². The first-order valence-electron chi connectivity index (χ1n) is 7.37. The van der Waals surface area contributed by atoms with Crippen LogP contribution < -0.4 is 4.74 Å². The Morgan fingerprint density at radius 1 is 1.26 bits per heavy atom. The maximum absolute atomic E-state index is 11.5. The topological polar surface area (TPSA) is 26.3 Å². The molecule has 1 aromatic rings. The van der Waals surface area contributed by atoms with Crippen molar-refractivity contribution >= 4 is 5.78 Å². The van der Waals surface area contributed by atoms with Crippen LogP contribution in [-0.4, -0.2) is 12.4 Å². The highest BCUT2D eigenvalue weighted by Gasteiger charge is 2.16. The molecule has 1 atom stereocenters. The van der Waals surface area contributed by atoms with Crippen molar-refractivity contribution in [1.29, 1.82) is 0 Å². The van der Waals surface area contributed by atoms with Crippen molar-refractivity contribution < 1.29 is 9.53 Å². The minimum absolute atomic E-state index is 0.351. The van der Waals surface area contributed by atoms with Crippen LogP contribution in [0.4, 0.5) is 0 Å². The highest BCUT2D eigenvalue weighted by atomic mass is 16.5. The Kier molecular flexibility index (Phi) is 6.61. The molecule has 1 rings (SSSR count). The minimum atomic E-state index is 0.351. The summed E-state index contributed by atoms with van der Waals surface area (Å²) in [6, 6.07) is 6.34. The molecule has 106 valence electrons. The van der Waals surface area contributed by atoms with E-state index in [-0.39, 0.29) is 0 Å². The van der Waals surface area contributed by atoms with Gasteiger partial charge in [0.15, 0.2) is 0 Å². The molecule has 0 aromatic heterocycles. The van der Waals surface area contributed by atoms with Crippen molar-refractivity contribution in [3.8, 4) is 5.75 Å². The number of carbonyl (C=O) groups is 1. The number of hydrogen-bond donors (Lipinski definition) is 0. The third kappa shape index (κ3) is 4.70. The van der Waals surface area contributed by atoms with E-state index in [1.165, 1.54) is 11.1 Å². The van der Waals surface area contributed by atoms with E-state index in [4.69, 9.17) is 4.74 Å². The lowest BCUT2D eigenvalue weighted by molar-refractivity contribution is -0.118. The molecule has 1 aromatic carbocycles. The summed E-state index contributed by atoms with van der Waals surface area (Å²) in [5.74, 6) is 1.74. The lowest BCUT2D eigenvalue weighted by atomic mass is 9.89. The van der Waals surface area contributed by atoms with E-state index in [2.05, 4.69) is 32.0 Å². The van der Waals surface area contributed by atoms with Crippen molar-refractivity contribution in [2.75, 3.05) is 6.61 Å². The van der Waals surface area contributed by atoms with Gasteiger partial charge in [-0.25, -0.2) is 0 Å². The number of rotatable bonds is 8. The van der Waals surface area contributed by atoms with E-state index in [1.807, 2.05) is 13.8 Å². The molecule has 0 saturated heterocycles. The Morgan fingerprint density at radius 2 is 2.00 bits per heavy atom. The largest absolute Gasteiger partial charge is 0.494 e. The molecule has 0 heterocycles. The summed E-state index contributed by atoms with van der Waals surface area (Å²) in [5.41, 5.74) is 2.51. The zero-order valence-electron chi connectivity index (χ0n) is 12.7. The molecular weight excluding hydrogens is 236 g/mol. The van der Waals surface area contributed by atoms with Gasteiger partial charge in [0, 0.05) is 12.8 Å². The van der Waals surface area contributed by atoms with Crippen molar-refractivity contribution in [1.82, 2.24) is 0 Å². The molecule has 0 aliphatic heterocycles. The predicted octanol–water partition coefficient (Wildman–Crippen LogP) is 4.65. The smallest absolute Gasteiger partial charge is 0.132 e. The Hall–Kier alpha value is -1.31. The fourth-order valence-electron chi connectivity index (χ4n) is 2.37. The third-order valence-electron chi connectivity index (χ3n) is 3.56. The van der Waals surface area contributed by atoms with E-state index in [0.29, 0.717) is 31.1 Å². The highest BCUT2D eigenvalue weighted by Crippen LogP contribution is 2.33. The van der Waals surface area contributed by atoms with Crippen LogP contribution >= 0.6 is 0 Å². The summed E-state index contributed by atoms with van der Waals surface area (Å²) in [4.78, 5) is 11.5. The molecule has 0 amide bonds. The highest BCUT2D eigenvalue weighted by molar-refractivity contribution is 5.78. The summed E-state index contributed by atoms with van der Waals surface area (Å²) in [5, 5.41) is 0. The molecule has 2 nitrogen and oxygen atoms in total. The van der Waals surface area contributed by atoms with Crippen LogP contribution in [0.1, 0.15) is 63.5 Å². The first-order valence-corrected chi connectivity index (χ1v) is 7.37. The Morgan fingerprint density at radius 3 is 2.58 bits per heavy atom. The first-order chi connectivity index (χ1) is 9.12. The third-order valence-corrected chi connectivity index (χ3v) is 3.56. The fourth-order valence-corrected chi connectivity index (χ4v) is 2.37. The summed E-state index contributed by atoms with van der Waals surface area (Å²) in [7, 11) is 0. The predicted molar refractivity (Wildman–Crippen MR) is 79.9 cm³/mol. The molecule has 19 heavy (non-hydrogen) atoms. The second-order valence-corrected chi connectivity index (χ2v) is 5.01. The van der Waals surface area contributed by atoms with Gasteiger partial charge in [-0.1, -0.05) is 31.5 Å². The number of hydrogen-bond acceptors (Lipinski definition) is 2. The van der Waals surface area contributed by atoms with Crippen LogP contribution in [-0.2, 0) is 4.79 Å². The van der Waals surface area contributed by atoms with Gasteiger partial charge in [-0.05, 0) is 44.2 Å². The van der Waals surface area contributed by atoms with Gasteiger partial charge in [0.2, 0.25) is 0 Å². The van der Waals surface area contributed by atoms with Gasteiger partial charge in [0.1, 0.15) is 11.5 Å². The summed E-state index contributed by atoms with van der Waals surface area (Å²) in [6.45, 7) is 8.90. The first kappa shape index (κ1) is 15.7. The van der Waals surface area contributed by atoms with E-state index < -0.39 is 0 Å². The SMILES string of the molecule is CCOc1ccc(C)cc1C(CC)CCC(=O)CC. The quantitative estimate of drug-likeness (QED) is 0.682. The zero-order chi connectivity index (χ0) is 14.3. The molecule has 0 aliphatic carbocycles. The van der Waals surface area contributed by atoms with E-state index in [1.54, 1.807) is 0 Å². The molecular formula is C17H26O2. The van der Waals surface area contributed by atoms with Gasteiger partial charge in [-0.15, -0.1) is 0 Å². The van der Waals surface area contributed by atoms with Crippen molar-refractivity contribution in [2.45, 2.75) is 59.3 Å². The van der Waals surface area contributed by atoms with Gasteiger partial charge in [0.25, 0.3) is 0 Å². The van der Waals surface area contributed by atoms with Gasteiger partial charge >= 0.3 is 0 Å². The summed E-state index contributed by atoms with van der Waals surface area (Å²) < 4.78 is 5.72. The van der Waals surface area contributed by atoms with Crippen LogP contribution in [0.3, 0.4) is 0 Å². The Balaban J connectivity index is 2.89. The lowest BCUT2D eigenvalue weighted by Gasteiger charge is -2.19. The zero-order valence-corrected chi connectivity index (χ0v) is 12.7. The number of carbonyl (C=O) groups excluding carboxylic acids is 1. The van der Waals surface area contributed by atoms with Crippen LogP contribution in [0.15, 0.2) is 18.2 Å². The Bertz CT molecular complexity index is 410. The minimum Gasteiger partial charge on any atom is -0.494 e. The molecule has 0 fully saturated rings. The van der Waals surface area contributed by atoms with Gasteiger partial charge in [0.05, 0.1) is 6.61 Å². The second kappa shape index (κ2) is 7.98. The molecule has 0 aliphatic rings. The van der Waals surface area contributed by atoms with Crippen LogP contribution in [0.2, 0.25) is 0 Å². The monoisotopic (exact) mass is 262 g/mol. The van der Waals surface area contributed by atoms with Crippen molar-refractivity contribution in [3.63, 3.8) is 0 Å². The van der Waals surface area contributed by atoms with E-state index >= 15 is 0 Å². The van der Waals surface area contributed by atoms with Crippen LogP contribution in [0, 0.1) is 6.92 Å². The standard InChI is InChI=1S/C17H26O2/c1-5-14(9-10-15(18)6-2)16-12-13(4)8-11-17(16)19-7-3/h8,11-12,14H,5-7,9-10H2,1-4H3. The number of aryl methyl sites for hydroxylation is 1. The molecule has 0 radical (unpaired) electrons. The normalized spacial score (nSPS) is 12.2. The van der Waals surface area contributed by atoms with Crippen molar-refractivity contribution in [2.24, 2.45) is 0 Å². The molecule has 0 N–H and O–H groups in total. The second-order valence-electron chi connectivity index (χ2n) is 5.01. The molecule has 0 spiro atoms. The summed E-state index contributed by atoms with van der Waals surface area (Å²) >= 11 is 0. The van der Waals surface area contributed by atoms with Gasteiger partial charge < -0.3 is 4.74 Å². The van der Waals surface area contributed by atoms with Crippen molar-refractivity contribution in [3.05, 3.63) is 29.3 Å². The summed E-state index contributed by atoms with van der Waals surface area (Å²) in [6.07, 6.45) is 3.28. The number of Topliss-reactive ketones (excluding diaryl/α,β-unsaturated/α-hetero) is 1. The van der Waals surface area contributed by atoms with E-state index in [0.717, 1.165) is 18.6 Å². The lowest BCUT2D eigenvalue weighted by Crippen LogP contribution is -2.06. The number of benzene rings is 1. The van der Waals surface area contributed by atoms with Crippen LogP contribution in [0.5, 0.6) is 5.75 Å². The average molecular weight is 262 g/mol. The number of ether oxygens (including phenoxy) is 1. The molecule has 1 unspecified atom stereocenters. The maximum atomic E-state index is 11.5. The fraction of sp³-hybridized carbons (Fsp3) is 0.588. The molecule has 0 bridgehead atoms. The molecule has 0 saturated carbocycles. The van der Waals surface area contributed by atoms with Gasteiger partial charge in [-0.3, -0.25) is 4.79 Å². The Labute approximate surface area is 117 Å².